The van der Waals surface area contributed by atoms with Gasteiger partial charge in [0.15, 0.2) is 0 Å². The molecule has 1 fully saturated rings. The summed E-state index contributed by atoms with van der Waals surface area (Å²) in [6.07, 6.45) is 4.07. The van der Waals surface area contributed by atoms with E-state index in [4.69, 9.17) is 4.74 Å². The highest BCUT2D eigenvalue weighted by Crippen LogP contribution is 2.38. The van der Waals surface area contributed by atoms with Crippen LogP contribution >= 0.6 is 0 Å². The van der Waals surface area contributed by atoms with Crippen molar-refractivity contribution in [1.82, 2.24) is 0 Å². The fraction of sp³-hybridized carbons (Fsp3) is 0.556. The summed E-state index contributed by atoms with van der Waals surface area (Å²) in [5.74, 6) is 1.01. The number of anilines is 1. The minimum Gasteiger partial charge on any atom is -0.492 e. The van der Waals surface area contributed by atoms with Crippen molar-refractivity contribution in [1.29, 1.82) is 5.26 Å². The number of benzene rings is 1. The molecule has 4 nitrogen and oxygen atoms in total. The van der Waals surface area contributed by atoms with Gasteiger partial charge in [0.25, 0.3) is 0 Å². The van der Waals surface area contributed by atoms with E-state index in [-0.39, 0.29) is 11.3 Å². The molecule has 1 aromatic rings. The molecule has 0 aliphatic heterocycles. The van der Waals surface area contributed by atoms with E-state index < -0.39 is 0 Å². The van der Waals surface area contributed by atoms with Crippen molar-refractivity contribution in [3.8, 4) is 11.8 Å². The van der Waals surface area contributed by atoms with Gasteiger partial charge in [0.2, 0.25) is 5.91 Å². The van der Waals surface area contributed by atoms with Crippen LogP contribution in [-0.2, 0) is 4.79 Å². The van der Waals surface area contributed by atoms with Gasteiger partial charge in [-0.05, 0) is 37.0 Å². The first-order chi connectivity index (χ1) is 10.4. The van der Waals surface area contributed by atoms with E-state index in [2.05, 4.69) is 25.2 Å². The SMILES string of the molecule is CC(C)COc1ccc(NC(=O)C2(C)CCCC2)cc1C#N. The van der Waals surface area contributed by atoms with Crippen LogP contribution in [0, 0.1) is 22.7 Å². The van der Waals surface area contributed by atoms with Crippen molar-refractivity contribution in [3.63, 3.8) is 0 Å². The van der Waals surface area contributed by atoms with E-state index in [1.807, 2.05) is 6.92 Å². The molecule has 0 bridgehead atoms. The van der Waals surface area contributed by atoms with Crippen LogP contribution < -0.4 is 10.1 Å². The van der Waals surface area contributed by atoms with Crippen molar-refractivity contribution >= 4 is 11.6 Å². The molecule has 0 saturated heterocycles. The zero-order valence-corrected chi connectivity index (χ0v) is 13.6. The second-order valence-corrected chi connectivity index (χ2v) is 6.75. The Morgan fingerprint density at radius 2 is 2.09 bits per heavy atom. The topological polar surface area (TPSA) is 62.1 Å². The molecule has 2 rings (SSSR count). The highest BCUT2D eigenvalue weighted by molar-refractivity contribution is 5.95. The van der Waals surface area contributed by atoms with Gasteiger partial charge >= 0.3 is 0 Å². The van der Waals surface area contributed by atoms with Gasteiger partial charge in [-0.15, -0.1) is 0 Å². The summed E-state index contributed by atoms with van der Waals surface area (Å²) >= 11 is 0. The Morgan fingerprint density at radius 3 is 2.68 bits per heavy atom. The van der Waals surface area contributed by atoms with Gasteiger partial charge in [0.05, 0.1) is 12.2 Å². The predicted octanol–water partition coefficient (Wildman–Crippen LogP) is 4.11. The van der Waals surface area contributed by atoms with E-state index in [0.29, 0.717) is 29.5 Å². The zero-order valence-electron chi connectivity index (χ0n) is 13.6. The van der Waals surface area contributed by atoms with Crippen LogP contribution in [0.15, 0.2) is 18.2 Å². The molecule has 0 unspecified atom stereocenters. The Kier molecular flexibility index (Phi) is 5.07. The normalized spacial score (nSPS) is 16.3. The molecule has 22 heavy (non-hydrogen) atoms. The van der Waals surface area contributed by atoms with Crippen LogP contribution in [0.2, 0.25) is 0 Å². The van der Waals surface area contributed by atoms with E-state index >= 15 is 0 Å². The highest BCUT2D eigenvalue weighted by Gasteiger charge is 2.36. The molecule has 4 heteroatoms. The molecule has 1 aliphatic rings. The molecular weight excluding hydrogens is 276 g/mol. The van der Waals surface area contributed by atoms with Gasteiger partial charge in [-0.3, -0.25) is 4.79 Å². The van der Waals surface area contributed by atoms with Crippen molar-refractivity contribution < 1.29 is 9.53 Å². The minimum atomic E-state index is -0.278. The summed E-state index contributed by atoms with van der Waals surface area (Å²) in [6, 6.07) is 7.38. The molecule has 0 atom stereocenters. The van der Waals surface area contributed by atoms with E-state index in [9.17, 15) is 10.1 Å². The third kappa shape index (κ3) is 3.79. The molecule has 0 spiro atoms. The van der Waals surface area contributed by atoms with E-state index in [1.54, 1.807) is 18.2 Å². The number of hydrogen-bond donors (Lipinski definition) is 1. The summed E-state index contributed by atoms with van der Waals surface area (Å²) in [5, 5.41) is 12.2. The average molecular weight is 300 g/mol. The lowest BCUT2D eigenvalue weighted by Crippen LogP contribution is -2.30. The van der Waals surface area contributed by atoms with Crippen LogP contribution in [0.3, 0.4) is 0 Å². The smallest absolute Gasteiger partial charge is 0.230 e. The van der Waals surface area contributed by atoms with Gasteiger partial charge in [0, 0.05) is 11.1 Å². The molecule has 1 aliphatic carbocycles. The molecule has 0 aromatic heterocycles. The maximum atomic E-state index is 12.4. The molecule has 1 amide bonds. The molecular formula is C18H24N2O2. The Hall–Kier alpha value is -2.02. The van der Waals surface area contributed by atoms with Crippen molar-refractivity contribution in [2.45, 2.75) is 46.5 Å². The molecule has 0 radical (unpaired) electrons. The van der Waals surface area contributed by atoms with Crippen LogP contribution in [0.1, 0.15) is 52.0 Å². The van der Waals surface area contributed by atoms with E-state index in [0.717, 1.165) is 25.7 Å². The average Bonchev–Trinajstić information content (AvgIpc) is 2.93. The minimum absolute atomic E-state index is 0.0461. The van der Waals surface area contributed by atoms with Gasteiger partial charge in [-0.2, -0.15) is 5.26 Å². The van der Waals surface area contributed by atoms with Crippen LogP contribution in [0.4, 0.5) is 5.69 Å². The third-order valence-electron chi connectivity index (χ3n) is 4.19. The fourth-order valence-electron chi connectivity index (χ4n) is 2.74. The highest BCUT2D eigenvalue weighted by atomic mass is 16.5. The fourth-order valence-corrected chi connectivity index (χ4v) is 2.74. The quantitative estimate of drug-likeness (QED) is 0.890. The monoisotopic (exact) mass is 300 g/mol. The standard InChI is InChI=1S/C18H24N2O2/c1-13(2)12-22-16-7-6-15(10-14(16)11-19)20-17(21)18(3)8-4-5-9-18/h6-7,10,13H,4-5,8-9,12H2,1-3H3,(H,20,21). The Bertz CT molecular complexity index is 581. The number of amides is 1. The Morgan fingerprint density at radius 1 is 1.41 bits per heavy atom. The predicted molar refractivity (Wildman–Crippen MR) is 86.7 cm³/mol. The molecule has 118 valence electrons. The summed E-state index contributed by atoms with van der Waals surface area (Å²) in [5.41, 5.74) is 0.834. The largest absolute Gasteiger partial charge is 0.492 e. The summed E-state index contributed by atoms with van der Waals surface area (Å²) in [4.78, 5) is 12.4. The Balaban J connectivity index is 2.09. The van der Waals surface area contributed by atoms with Gasteiger partial charge in [-0.1, -0.05) is 33.6 Å². The van der Waals surface area contributed by atoms with Crippen molar-refractivity contribution in [2.24, 2.45) is 11.3 Å². The number of rotatable bonds is 5. The van der Waals surface area contributed by atoms with Crippen LogP contribution in [0.5, 0.6) is 5.75 Å². The first-order valence-electron chi connectivity index (χ1n) is 7.93. The molecule has 1 saturated carbocycles. The van der Waals surface area contributed by atoms with Crippen molar-refractivity contribution in [2.75, 3.05) is 11.9 Å². The summed E-state index contributed by atoms with van der Waals surface area (Å²) in [6.45, 7) is 6.70. The number of carbonyl (C=O) groups excluding carboxylic acids is 1. The van der Waals surface area contributed by atoms with Crippen LogP contribution in [-0.4, -0.2) is 12.5 Å². The number of carbonyl (C=O) groups is 1. The summed E-state index contributed by atoms with van der Waals surface area (Å²) in [7, 11) is 0. The number of nitriles is 1. The first-order valence-corrected chi connectivity index (χ1v) is 7.93. The number of hydrogen-bond acceptors (Lipinski definition) is 3. The van der Waals surface area contributed by atoms with Gasteiger partial charge < -0.3 is 10.1 Å². The maximum Gasteiger partial charge on any atom is 0.230 e. The van der Waals surface area contributed by atoms with E-state index in [1.165, 1.54) is 0 Å². The lowest BCUT2D eigenvalue weighted by molar-refractivity contribution is -0.124. The first kappa shape index (κ1) is 16.4. The number of ether oxygens (including phenoxy) is 1. The lowest BCUT2D eigenvalue weighted by Gasteiger charge is -2.22. The lowest BCUT2D eigenvalue weighted by atomic mass is 9.88. The number of nitrogens with zero attached hydrogens (tertiary/aromatic N) is 1. The summed E-state index contributed by atoms with van der Waals surface area (Å²) < 4.78 is 5.63. The molecule has 0 heterocycles. The second kappa shape index (κ2) is 6.83. The Labute approximate surface area is 132 Å². The number of nitrogens with one attached hydrogen (secondary N) is 1. The van der Waals surface area contributed by atoms with Gasteiger partial charge in [-0.25, -0.2) is 0 Å². The third-order valence-corrected chi connectivity index (χ3v) is 4.19. The molecule has 1 aromatic carbocycles. The maximum absolute atomic E-state index is 12.4. The van der Waals surface area contributed by atoms with Gasteiger partial charge in [0.1, 0.15) is 11.8 Å². The zero-order chi connectivity index (χ0) is 16.2. The van der Waals surface area contributed by atoms with Crippen LogP contribution in [0.25, 0.3) is 0 Å². The second-order valence-electron chi connectivity index (χ2n) is 6.75. The molecule has 1 N–H and O–H groups in total. The van der Waals surface area contributed by atoms with Crippen molar-refractivity contribution in [3.05, 3.63) is 23.8 Å².